The SMILES string of the molecule is COC(=O)Cc1nc(C)nc(N[C@H](C)c2cccc([N+](=O)[O-])c2C)c1C1OCCO1. The van der Waals surface area contributed by atoms with Gasteiger partial charge in [-0.25, -0.2) is 9.97 Å². The summed E-state index contributed by atoms with van der Waals surface area (Å²) in [4.78, 5) is 31.7. The molecule has 160 valence electrons. The van der Waals surface area contributed by atoms with E-state index >= 15 is 0 Å². The zero-order valence-corrected chi connectivity index (χ0v) is 17.3. The number of nitro benzene ring substituents is 1. The van der Waals surface area contributed by atoms with Crippen molar-refractivity contribution >= 4 is 17.5 Å². The second-order valence-corrected chi connectivity index (χ2v) is 6.92. The monoisotopic (exact) mass is 416 g/mol. The highest BCUT2D eigenvalue weighted by Crippen LogP contribution is 2.34. The molecular weight excluding hydrogens is 392 g/mol. The third-order valence-corrected chi connectivity index (χ3v) is 4.90. The van der Waals surface area contributed by atoms with Gasteiger partial charge in [-0.1, -0.05) is 12.1 Å². The zero-order chi connectivity index (χ0) is 21.8. The zero-order valence-electron chi connectivity index (χ0n) is 17.3. The molecule has 0 saturated carbocycles. The molecule has 1 saturated heterocycles. The molecule has 10 heteroatoms. The predicted molar refractivity (Wildman–Crippen MR) is 107 cm³/mol. The minimum atomic E-state index is -0.717. The second-order valence-electron chi connectivity index (χ2n) is 6.92. The number of carbonyl (C=O) groups excluding carboxylic acids is 1. The Morgan fingerprint density at radius 2 is 2.03 bits per heavy atom. The van der Waals surface area contributed by atoms with Crippen molar-refractivity contribution in [1.29, 1.82) is 0 Å². The van der Waals surface area contributed by atoms with Crippen molar-refractivity contribution in [3.63, 3.8) is 0 Å². The van der Waals surface area contributed by atoms with Crippen molar-refractivity contribution < 1.29 is 23.9 Å². The van der Waals surface area contributed by atoms with E-state index in [4.69, 9.17) is 14.2 Å². The first-order valence-corrected chi connectivity index (χ1v) is 9.49. The molecule has 0 bridgehead atoms. The summed E-state index contributed by atoms with van der Waals surface area (Å²) in [5.74, 6) is 0.466. The fourth-order valence-corrected chi connectivity index (χ4v) is 3.46. The van der Waals surface area contributed by atoms with Crippen LogP contribution in [0.25, 0.3) is 0 Å². The number of ether oxygens (including phenoxy) is 3. The molecule has 10 nitrogen and oxygen atoms in total. The summed E-state index contributed by atoms with van der Waals surface area (Å²) in [5, 5.41) is 14.6. The van der Waals surface area contributed by atoms with Crippen LogP contribution in [-0.4, -0.2) is 41.2 Å². The maximum Gasteiger partial charge on any atom is 0.311 e. The van der Waals surface area contributed by atoms with Crippen LogP contribution in [0.5, 0.6) is 0 Å². The normalized spacial score (nSPS) is 15.1. The molecule has 30 heavy (non-hydrogen) atoms. The molecule has 1 aromatic carbocycles. The maximum absolute atomic E-state index is 11.9. The van der Waals surface area contributed by atoms with Gasteiger partial charge in [0.1, 0.15) is 11.6 Å². The summed E-state index contributed by atoms with van der Waals surface area (Å²) in [6.45, 7) is 6.13. The molecule has 1 aliphatic heterocycles. The van der Waals surface area contributed by atoms with Crippen LogP contribution in [0.15, 0.2) is 18.2 Å². The highest BCUT2D eigenvalue weighted by atomic mass is 16.7. The number of aryl methyl sites for hydroxylation is 1. The predicted octanol–water partition coefficient (Wildman–Crippen LogP) is 2.94. The van der Waals surface area contributed by atoms with Crippen molar-refractivity contribution in [1.82, 2.24) is 9.97 Å². The lowest BCUT2D eigenvalue weighted by molar-refractivity contribution is -0.385. The van der Waals surface area contributed by atoms with Crippen molar-refractivity contribution in [2.24, 2.45) is 0 Å². The smallest absolute Gasteiger partial charge is 0.311 e. The van der Waals surface area contributed by atoms with Gasteiger partial charge < -0.3 is 19.5 Å². The number of aromatic nitrogens is 2. The fraction of sp³-hybridized carbons (Fsp3) is 0.450. The molecular formula is C20H24N4O6. The average Bonchev–Trinajstić information content (AvgIpc) is 3.21. The van der Waals surface area contributed by atoms with Crippen LogP contribution in [0, 0.1) is 24.0 Å². The molecule has 1 aromatic heterocycles. The molecule has 0 spiro atoms. The van der Waals surface area contributed by atoms with Crippen molar-refractivity contribution in [2.75, 3.05) is 25.6 Å². The third kappa shape index (κ3) is 4.55. The maximum atomic E-state index is 11.9. The van der Waals surface area contributed by atoms with Gasteiger partial charge in [0.25, 0.3) is 5.69 Å². The van der Waals surface area contributed by atoms with Gasteiger partial charge in [-0.3, -0.25) is 14.9 Å². The van der Waals surface area contributed by atoms with Crippen LogP contribution < -0.4 is 5.32 Å². The number of nitrogens with one attached hydrogen (secondary N) is 1. The van der Waals surface area contributed by atoms with E-state index in [9.17, 15) is 14.9 Å². The van der Waals surface area contributed by atoms with Gasteiger partial charge in [-0.15, -0.1) is 0 Å². The van der Waals surface area contributed by atoms with E-state index in [-0.39, 0.29) is 18.2 Å². The molecule has 1 fully saturated rings. The van der Waals surface area contributed by atoms with Crippen molar-refractivity contribution in [3.8, 4) is 0 Å². The standard InChI is InChI=1S/C20H24N4O6/c1-11-14(6-5-7-16(11)24(26)27)12(2)21-19-18(20-29-8-9-30-20)15(10-17(25)28-4)22-13(3)23-19/h5-7,12,20H,8-10H2,1-4H3,(H,21,22,23)/t12-/m1/s1. The highest BCUT2D eigenvalue weighted by molar-refractivity contribution is 5.73. The summed E-state index contributed by atoms with van der Waals surface area (Å²) < 4.78 is 16.1. The number of nitro groups is 1. The van der Waals surface area contributed by atoms with Crippen LogP contribution in [0.4, 0.5) is 11.5 Å². The van der Waals surface area contributed by atoms with Crippen LogP contribution in [0.2, 0.25) is 0 Å². The van der Waals surface area contributed by atoms with Crippen LogP contribution in [0.3, 0.4) is 0 Å². The first-order valence-electron chi connectivity index (χ1n) is 9.49. The van der Waals surface area contributed by atoms with Gasteiger partial charge in [0.2, 0.25) is 0 Å². The minimum Gasteiger partial charge on any atom is -0.469 e. The van der Waals surface area contributed by atoms with Gasteiger partial charge in [0.05, 0.1) is 49.0 Å². The topological polar surface area (TPSA) is 126 Å². The van der Waals surface area contributed by atoms with E-state index in [1.807, 2.05) is 13.0 Å². The number of anilines is 1. The highest BCUT2D eigenvalue weighted by Gasteiger charge is 2.29. The Hall–Kier alpha value is -3.11. The van der Waals surface area contributed by atoms with E-state index in [1.54, 1.807) is 19.9 Å². The molecule has 1 atom stereocenters. The van der Waals surface area contributed by atoms with E-state index < -0.39 is 17.2 Å². The number of methoxy groups -OCH3 is 1. The molecule has 2 aromatic rings. The summed E-state index contributed by atoms with van der Waals surface area (Å²) in [6, 6.07) is 4.63. The number of esters is 1. The summed E-state index contributed by atoms with van der Waals surface area (Å²) in [6.07, 6.45) is -0.775. The van der Waals surface area contributed by atoms with E-state index in [0.717, 1.165) is 5.56 Å². The number of nitrogens with zero attached hydrogens (tertiary/aromatic N) is 3. The number of carbonyl (C=O) groups is 1. The molecule has 3 rings (SSSR count). The lowest BCUT2D eigenvalue weighted by Gasteiger charge is -2.23. The molecule has 0 aliphatic carbocycles. The number of hydrogen-bond acceptors (Lipinski definition) is 9. The quantitative estimate of drug-likeness (QED) is 0.412. The van der Waals surface area contributed by atoms with E-state index in [2.05, 4.69) is 15.3 Å². The van der Waals surface area contributed by atoms with E-state index in [0.29, 0.717) is 41.7 Å². The van der Waals surface area contributed by atoms with Crippen LogP contribution in [-0.2, 0) is 25.4 Å². The Kier molecular flexibility index (Phi) is 6.58. The Balaban J connectivity index is 2.01. The lowest BCUT2D eigenvalue weighted by atomic mass is 10.0. The van der Waals surface area contributed by atoms with Gasteiger partial charge >= 0.3 is 5.97 Å². The summed E-state index contributed by atoms with van der Waals surface area (Å²) in [7, 11) is 1.31. The third-order valence-electron chi connectivity index (χ3n) is 4.90. The Morgan fingerprint density at radius 3 is 2.67 bits per heavy atom. The average molecular weight is 416 g/mol. The van der Waals surface area contributed by atoms with Crippen LogP contribution in [0.1, 0.15) is 47.5 Å². The van der Waals surface area contributed by atoms with Gasteiger partial charge in [-0.2, -0.15) is 0 Å². The largest absolute Gasteiger partial charge is 0.469 e. The number of rotatable bonds is 7. The lowest BCUT2D eigenvalue weighted by Crippen LogP contribution is -2.19. The number of benzene rings is 1. The van der Waals surface area contributed by atoms with Gasteiger partial charge in [-0.05, 0) is 26.3 Å². The van der Waals surface area contributed by atoms with E-state index in [1.165, 1.54) is 13.2 Å². The second kappa shape index (κ2) is 9.14. The Labute approximate surface area is 173 Å². The van der Waals surface area contributed by atoms with Crippen molar-refractivity contribution in [2.45, 2.75) is 39.5 Å². The van der Waals surface area contributed by atoms with Crippen molar-refractivity contribution in [3.05, 3.63) is 56.5 Å². The van der Waals surface area contributed by atoms with Gasteiger partial charge in [0, 0.05) is 11.6 Å². The molecule has 1 N–H and O–H groups in total. The van der Waals surface area contributed by atoms with Gasteiger partial charge in [0.15, 0.2) is 6.29 Å². The first-order chi connectivity index (χ1) is 14.3. The fourth-order valence-electron chi connectivity index (χ4n) is 3.46. The Bertz CT molecular complexity index is 959. The molecule has 1 aliphatic rings. The summed E-state index contributed by atoms with van der Waals surface area (Å²) >= 11 is 0. The molecule has 0 radical (unpaired) electrons. The Morgan fingerprint density at radius 1 is 1.33 bits per heavy atom. The minimum absolute atomic E-state index is 0.0501. The molecule has 2 heterocycles. The number of hydrogen-bond donors (Lipinski definition) is 1. The van der Waals surface area contributed by atoms with Crippen LogP contribution >= 0.6 is 0 Å². The summed E-state index contributed by atoms with van der Waals surface area (Å²) in [5.41, 5.74) is 2.35. The molecule has 0 unspecified atom stereocenters. The molecule has 0 amide bonds. The first kappa shape index (κ1) is 21.6.